The van der Waals surface area contributed by atoms with Crippen molar-refractivity contribution in [2.24, 2.45) is 5.73 Å². The minimum Gasteiger partial charge on any atom is -0.488 e. The van der Waals surface area contributed by atoms with E-state index >= 15 is 0 Å². The van der Waals surface area contributed by atoms with Gasteiger partial charge in [0.2, 0.25) is 5.91 Å². The summed E-state index contributed by atoms with van der Waals surface area (Å²) in [5.41, 5.74) is 6.87. The number of amides is 1. The zero-order chi connectivity index (χ0) is 17.5. The van der Waals surface area contributed by atoms with Gasteiger partial charge in [0.05, 0.1) is 6.04 Å². The number of nitrogens with one attached hydrogen (secondary N) is 1. The van der Waals surface area contributed by atoms with Crippen LogP contribution in [-0.4, -0.2) is 18.6 Å². The van der Waals surface area contributed by atoms with E-state index in [2.05, 4.69) is 5.32 Å². The molecule has 136 valence electrons. The number of nitrogens with two attached hydrogens (primary N) is 1. The van der Waals surface area contributed by atoms with Gasteiger partial charge < -0.3 is 15.8 Å². The molecule has 7 heteroatoms. The molecule has 0 aliphatic carbocycles. The number of hydrogen-bond acceptors (Lipinski definition) is 3. The molecule has 0 aliphatic heterocycles. The highest BCUT2D eigenvalue weighted by molar-refractivity contribution is 5.85. The normalized spacial score (nSPS) is 12.6. The number of rotatable bonds is 7. The Hall–Kier alpha value is -2.18. The predicted molar refractivity (Wildman–Crippen MR) is 94.7 cm³/mol. The smallest absolute Gasteiger partial charge is 0.222 e. The highest BCUT2D eigenvalue weighted by Gasteiger charge is 2.14. The maximum absolute atomic E-state index is 13.5. The van der Waals surface area contributed by atoms with Crippen molar-refractivity contribution in [3.63, 3.8) is 0 Å². The van der Waals surface area contributed by atoms with E-state index in [1.54, 1.807) is 6.92 Å². The van der Waals surface area contributed by atoms with Crippen molar-refractivity contribution in [3.05, 3.63) is 65.7 Å². The molecule has 0 fully saturated rings. The average molecular weight is 371 g/mol. The third-order valence-corrected chi connectivity index (χ3v) is 3.42. The van der Waals surface area contributed by atoms with Crippen LogP contribution in [0, 0.1) is 11.6 Å². The summed E-state index contributed by atoms with van der Waals surface area (Å²) >= 11 is 0. The molecule has 2 unspecified atom stereocenters. The Bertz CT molecular complexity index is 686. The van der Waals surface area contributed by atoms with Crippen LogP contribution in [0.1, 0.15) is 24.9 Å². The fourth-order valence-corrected chi connectivity index (χ4v) is 2.20. The summed E-state index contributed by atoms with van der Waals surface area (Å²) in [4.78, 5) is 12.0. The number of carbonyl (C=O) groups excluding carboxylic acids is 1. The first kappa shape index (κ1) is 20.9. The first-order valence-corrected chi connectivity index (χ1v) is 7.63. The number of benzene rings is 2. The Morgan fingerprint density at radius 2 is 1.88 bits per heavy atom. The van der Waals surface area contributed by atoms with E-state index in [0.717, 1.165) is 17.7 Å². The van der Waals surface area contributed by atoms with Gasteiger partial charge in [0, 0.05) is 18.5 Å². The van der Waals surface area contributed by atoms with Crippen LogP contribution in [0.2, 0.25) is 0 Å². The summed E-state index contributed by atoms with van der Waals surface area (Å²) in [5.74, 6) is -1.73. The van der Waals surface area contributed by atoms with E-state index in [4.69, 9.17) is 10.5 Å². The second-order valence-corrected chi connectivity index (χ2v) is 5.58. The molecule has 2 atom stereocenters. The average Bonchev–Trinajstić information content (AvgIpc) is 2.54. The quantitative estimate of drug-likeness (QED) is 0.785. The van der Waals surface area contributed by atoms with Crippen LogP contribution in [0.5, 0.6) is 5.75 Å². The Balaban J connectivity index is 0.00000312. The highest BCUT2D eigenvalue weighted by Crippen LogP contribution is 2.18. The summed E-state index contributed by atoms with van der Waals surface area (Å²) in [5, 5.41) is 2.74. The predicted octanol–water partition coefficient (Wildman–Crippen LogP) is 3.36. The first-order chi connectivity index (χ1) is 11.5. The monoisotopic (exact) mass is 370 g/mol. The van der Waals surface area contributed by atoms with Gasteiger partial charge in [-0.3, -0.25) is 4.79 Å². The molecule has 0 radical (unpaired) electrons. The van der Waals surface area contributed by atoms with E-state index in [1.165, 1.54) is 6.07 Å². The van der Waals surface area contributed by atoms with Gasteiger partial charge in [0.1, 0.15) is 12.4 Å². The van der Waals surface area contributed by atoms with E-state index < -0.39 is 17.7 Å². The fraction of sp³-hybridized carbons (Fsp3) is 0.278. The number of carbonyl (C=O) groups is 1. The molecule has 0 heterocycles. The molecule has 3 N–H and O–H groups in total. The van der Waals surface area contributed by atoms with Crippen LogP contribution in [0.3, 0.4) is 0 Å². The first-order valence-electron chi connectivity index (χ1n) is 7.63. The third-order valence-electron chi connectivity index (χ3n) is 3.42. The molecule has 0 bridgehead atoms. The highest BCUT2D eigenvalue weighted by atomic mass is 35.5. The molecule has 0 saturated carbocycles. The second-order valence-electron chi connectivity index (χ2n) is 5.58. The largest absolute Gasteiger partial charge is 0.488 e. The fourth-order valence-electron chi connectivity index (χ4n) is 2.20. The topological polar surface area (TPSA) is 64.3 Å². The molecular weight excluding hydrogens is 350 g/mol. The number of hydrogen-bond donors (Lipinski definition) is 2. The van der Waals surface area contributed by atoms with Gasteiger partial charge in [-0.2, -0.15) is 0 Å². The van der Waals surface area contributed by atoms with Gasteiger partial charge in [-0.25, -0.2) is 8.78 Å². The van der Waals surface area contributed by atoms with Crippen LogP contribution in [-0.2, 0) is 4.79 Å². The molecule has 0 spiro atoms. The molecule has 1 amide bonds. The van der Waals surface area contributed by atoms with Crippen LogP contribution in [0.15, 0.2) is 48.5 Å². The van der Waals surface area contributed by atoms with Crippen molar-refractivity contribution in [1.82, 2.24) is 5.32 Å². The lowest BCUT2D eigenvalue weighted by Crippen LogP contribution is -2.38. The van der Waals surface area contributed by atoms with Crippen molar-refractivity contribution in [1.29, 1.82) is 0 Å². The SMILES string of the molecule is CC(COc1ccc(F)cc1F)NC(=O)CC(N)c1ccccc1.Cl. The maximum atomic E-state index is 13.5. The summed E-state index contributed by atoms with van der Waals surface area (Å²) < 4.78 is 31.5. The Morgan fingerprint density at radius 1 is 1.20 bits per heavy atom. The molecule has 25 heavy (non-hydrogen) atoms. The van der Waals surface area contributed by atoms with Gasteiger partial charge in [0.15, 0.2) is 11.6 Å². The molecule has 0 aromatic heterocycles. The van der Waals surface area contributed by atoms with Crippen molar-refractivity contribution in [2.45, 2.75) is 25.4 Å². The van der Waals surface area contributed by atoms with Crippen molar-refractivity contribution >= 4 is 18.3 Å². The second kappa shape index (κ2) is 9.96. The minimum atomic E-state index is -0.778. The van der Waals surface area contributed by atoms with Gasteiger partial charge in [-0.15, -0.1) is 12.4 Å². The van der Waals surface area contributed by atoms with Crippen molar-refractivity contribution in [2.75, 3.05) is 6.61 Å². The van der Waals surface area contributed by atoms with Gasteiger partial charge in [0.25, 0.3) is 0 Å². The lowest BCUT2D eigenvalue weighted by Gasteiger charge is -2.17. The zero-order valence-corrected chi connectivity index (χ0v) is 14.6. The van der Waals surface area contributed by atoms with E-state index in [0.29, 0.717) is 0 Å². The van der Waals surface area contributed by atoms with Crippen molar-refractivity contribution in [3.8, 4) is 5.75 Å². The van der Waals surface area contributed by atoms with Gasteiger partial charge in [-0.1, -0.05) is 30.3 Å². The molecular formula is C18H21ClF2N2O2. The van der Waals surface area contributed by atoms with Crippen LogP contribution in [0.4, 0.5) is 8.78 Å². The molecule has 2 rings (SSSR count). The Labute approximate surface area is 151 Å². The van der Waals surface area contributed by atoms with Crippen LogP contribution < -0.4 is 15.8 Å². The number of ether oxygens (including phenoxy) is 1. The standard InChI is InChI=1S/C18H20F2N2O2.ClH/c1-12(11-24-17-8-7-14(19)9-15(17)20)22-18(23)10-16(21)13-5-3-2-4-6-13;/h2-9,12,16H,10-11,21H2,1H3,(H,22,23);1H. The van der Waals surface area contributed by atoms with E-state index in [1.807, 2.05) is 30.3 Å². The summed E-state index contributed by atoms with van der Waals surface area (Å²) in [7, 11) is 0. The van der Waals surface area contributed by atoms with Gasteiger partial charge >= 0.3 is 0 Å². The van der Waals surface area contributed by atoms with Gasteiger partial charge in [-0.05, 0) is 24.6 Å². The molecule has 0 saturated heterocycles. The summed E-state index contributed by atoms with van der Waals surface area (Å²) in [6, 6.07) is 11.7. The third kappa shape index (κ3) is 6.68. The van der Waals surface area contributed by atoms with Crippen LogP contribution >= 0.6 is 12.4 Å². The van der Waals surface area contributed by atoms with E-state index in [-0.39, 0.29) is 43.1 Å². The summed E-state index contributed by atoms with van der Waals surface area (Å²) in [6.45, 7) is 1.79. The maximum Gasteiger partial charge on any atom is 0.222 e. The molecule has 2 aromatic rings. The van der Waals surface area contributed by atoms with E-state index in [9.17, 15) is 13.6 Å². The molecule has 4 nitrogen and oxygen atoms in total. The Morgan fingerprint density at radius 3 is 2.52 bits per heavy atom. The van der Waals surface area contributed by atoms with Crippen molar-refractivity contribution < 1.29 is 18.3 Å². The summed E-state index contributed by atoms with van der Waals surface area (Å²) in [6.07, 6.45) is 0.138. The number of halogens is 3. The molecule has 2 aromatic carbocycles. The Kier molecular flexibility index (Phi) is 8.31. The minimum absolute atomic E-state index is 0. The lowest BCUT2D eigenvalue weighted by atomic mass is 10.0. The zero-order valence-electron chi connectivity index (χ0n) is 13.7. The van der Waals surface area contributed by atoms with Crippen LogP contribution in [0.25, 0.3) is 0 Å². The lowest BCUT2D eigenvalue weighted by molar-refractivity contribution is -0.122. The molecule has 0 aliphatic rings.